The number of halogens is 2. The maximum Gasteiger partial charge on any atom is 0.400 e. The van der Waals surface area contributed by atoms with Gasteiger partial charge in [0, 0.05) is 23.9 Å². The van der Waals surface area contributed by atoms with Crippen molar-refractivity contribution in [1.82, 2.24) is 0 Å². The van der Waals surface area contributed by atoms with Gasteiger partial charge in [-0.1, -0.05) is 50.8 Å². The Morgan fingerprint density at radius 1 is 1.06 bits per heavy atom. The number of rotatable bonds is 12. The van der Waals surface area contributed by atoms with E-state index in [-0.39, 0.29) is 12.4 Å². The van der Waals surface area contributed by atoms with Gasteiger partial charge in [0.05, 0.1) is 12.5 Å². The number of carbonyl (C=O) groups excluding carboxylic acids is 1. The van der Waals surface area contributed by atoms with E-state index in [0.29, 0.717) is 42.1 Å². The molecule has 5 nitrogen and oxygen atoms in total. The molecule has 1 aliphatic rings. The number of anilines is 2. The monoisotopic (exact) mass is 500 g/mol. The second kappa shape index (κ2) is 13.3. The molecule has 0 saturated heterocycles. The molecule has 196 valence electrons. The summed E-state index contributed by atoms with van der Waals surface area (Å²) in [5.74, 6) is -0.567. The maximum absolute atomic E-state index is 14.8. The zero-order valence-electron chi connectivity index (χ0n) is 21.1. The third kappa shape index (κ3) is 8.54. The van der Waals surface area contributed by atoms with Crippen molar-refractivity contribution in [2.24, 2.45) is 11.8 Å². The minimum absolute atomic E-state index is 0.117. The first-order valence-corrected chi connectivity index (χ1v) is 12.9. The predicted molar refractivity (Wildman–Crippen MR) is 141 cm³/mol. The lowest BCUT2D eigenvalue weighted by Gasteiger charge is -2.33. The summed E-state index contributed by atoms with van der Waals surface area (Å²) in [4.78, 5) is 12.0. The zero-order chi connectivity index (χ0) is 26.0. The Morgan fingerprint density at radius 2 is 1.78 bits per heavy atom. The average molecular weight is 501 g/mol. The van der Waals surface area contributed by atoms with Gasteiger partial charge in [-0.05, 0) is 73.1 Å². The number of hydrogen-bond donors (Lipinski definition) is 2. The van der Waals surface area contributed by atoms with Crippen LogP contribution < -0.4 is 16.2 Å². The van der Waals surface area contributed by atoms with Crippen LogP contribution in [0.4, 0.5) is 20.2 Å². The number of nitrogen functional groups attached to an aromatic ring is 2. The van der Waals surface area contributed by atoms with E-state index in [1.165, 1.54) is 37.5 Å². The largest absolute Gasteiger partial charge is 0.462 e. The van der Waals surface area contributed by atoms with Crippen LogP contribution in [0, 0.1) is 11.8 Å². The molecule has 0 unspecified atom stereocenters. The molecule has 1 fully saturated rings. The van der Waals surface area contributed by atoms with Crippen molar-refractivity contribution >= 4 is 23.4 Å². The van der Waals surface area contributed by atoms with Crippen molar-refractivity contribution in [3.8, 4) is 5.75 Å². The van der Waals surface area contributed by atoms with Crippen molar-refractivity contribution in [3.63, 3.8) is 0 Å². The molecule has 3 rings (SSSR count). The Balaban J connectivity index is 1.42. The van der Waals surface area contributed by atoms with Crippen molar-refractivity contribution in [2.45, 2.75) is 70.8 Å². The van der Waals surface area contributed by atoms with E-state index in [1.54, 1.807) is 36.4 Å². The SMILES string of the molecule is CCCCCC1CCC(C(F)(F)Oc2ccc(/C=C/C(=O)OCCc3ccc(N)cc3N)cc2)CC1. The molecule has 0 atom stereocenters. The smallest absolute Gasteiger partial charge is 0.400 e. The highest BCUT2D eigenvalue weighted by molar-refractivity contribution is 5.87. The zero-order valence-corrected chi connectivity index (χ0v) is 21.1. The molecule has 36 heavy (non-hydrogen) atoms. The predicted octanol–water partition coefficient (Wildman–Crippen LogP) is 7.01. The lowest BCUT2D eigenvalue weighted by molar-refractivity contribution is -0.223. The summed E-state index contributed by atoms with van der Waals surface area (Å²) in [6, 6.07) is 11.5. The highest BCUT2D eigenvalue weighted by Gasteiger charge is 2.43. The van der Waals surface area contributed by atoms with Crippen LogP contribution in [0.25, 0.3) is 6.08 Å². The average Bonchev–Trinajstić information content (AvgIpc) is 2.85. The molecule has 2 aromatic carbocycles. The number of esters is 1. The summed E-state index contributed by atoms with van der Waals surface area (Å²) < 4.78 is 39.8. The molecule has 0 bridgehead atoms. The van der Waals surface area contributed by atoms with Gasteiger partial charge in [-0.2, -0.15) is 8.78 Å². The highest BCUT2D eigenvalue weighted by atomic mass is 19.3. The Labute approximate surface area is 212 Å². The quantitative estimate of drug-likeness (QED) is 0.142. The van der Waals surface area contributed by atoms with Crippen LogP contribution in [0.3, 0.4) is 0 Å². The first-order chi connectivity index (χ1) is 17.3. The van der Waals surface area contributed by atoms with Gasteiger partial charge in [-0.15, -0.1) is 0 Å². The topological polar surface area (TPSA) is 87.6 Å². The summed E-state index contributed by atoms with van der Waals surface area (Å²) in [6.07, 6.45) is 7.58. The van der Waals surface area contributed by atoms with Crippen molar-refractivity contribution in [2.75, 3.05) is 18.1 Å². The van der Waals surface area contributed by atoms with Crippen molar-refractivity contribution in [3.05, 3.63) is 59.7 Å². The molecule has 0 heterocycles. The molecule has 0 aliphatic heterocycles. The molecule has 2 aromatic rings. The van der Waals surface area contributed by atoms with E-state index in [4.69, 9.17) is 20.9 Å². The van der Waals surface area contributed by atoms with Gasteiger partial charge in [0.15, 0.2) is 0 Å². The van der Waals surface area contributed by atoms with E-state index in [2.05, 4.69) is 6.92 Å². The third-order valence-electron chi connectivity index (χ3n) is 6.87. The van der Waals surface area contributed by atoms with Crippen LogP contribution in [0.5, 0.6) is 5.75 Å². The fraction of sp³-hybridized carbons (Fsp3) is 0.483. The minimum atomic E-state index is -3.19. The molecular formula is C29H38F2N2O3. The molecule has 0 spiro atoms. The summed E-state index contributed by atoms with van der Waals surface area (Å²) in [5, 5.41) is 0. The Hall–Kier alpha value is -3.09. The van der Waals surface area contributed by atoms with E-state index >= 15 is 0 Å². The van der Waals surface area contributed by atoms with Crippen LogP contribution in [0.15, 0.2) is 48.5 Å². The highest BCUT2D eigenvalue weighted by Crippen LogP contribution is 2.41. The number of ether oxygens (including phenoxy) is 2. The molecular weight excluding hydrogens is 462 g/mol. The number of hydrogen-bond acceptors (Lipinski definition) is 5. The standard InChI is InChI=1S/C29H38F2N2O3/c1-2-3-4-5-21-6-12-24(13-7-21)29(30,31)36-26-15-8-22(9-16-26)10-17-28(34)35-19-18-23-11-14-25(32)20-27(23)33/h8-11,14-17,20-21,24H,2-7,12-13,18-19,32-33H2,1H3/b17-10+. The van der Waals surface area contributed by atoms with Gasteiger partial charge in [0.1, 0.15) is 5.75 Å². The third-order valence-corrected chi connectivity index (χ3v) is 6.87. The number of alkyl halides is 2. The van der Waals surface area contributed by atoms with Gasteiger partial charge >= 0.3 is 12.1 Å². The normalized spacial score (nSPS) is 18.3. The number of carbonyl (C=O) groups is 1. The van der Waals surface area contributed by atoms with Gasteiger partial charge in [0.25, 0.3) is 0 Å². The van der Waals surface area contributed by atoms with Crippen LogP contribution >= 0.6 is 0 Å². The van der Waals surface area contributed by atoms with Crippen LogP contribution in [0.1, 0.15) is 69.4 Å². The lowest BCUT2D eigenvalue weighted by Crippen LogP contribution is -2.37. The second-order valence-electron chi connectivity index (χ2n) is 9.66. The van der Waals surface area contributed by atoms with Crippen molar-refractivity contribution < 1.29 is 23.0 Å². The van der Waals surface area contributed by atoms with Crippen LogP contribution in [-0.2, 0) is 16.0 Å². The molecule has 0 amide bonds. The molecule has 0 aromatic heterocycles. The number of nitrogens with two attached hydrogens (primary N) is 2. The van der Waals surface area contributed by atoms with E-state index in [9.17, 15) is 13.6 Å². The summed E-state index contributed by atoms with van der Waals surface area (Å²) in [7, 11) is 0. The van der Waals surface area contributed by atoms with Gasteiger partial charge in [-0.3, -0.25) is 0 Å². The molecule has 1 aliphatic carbocycles. The van der Waals surface area contributed by atoms with Gasteiger partial charge in [-0.25, -0.2) is 4.79 Å². The Kier molecular flexibility index (Phi) is 10.1. The van der Waals surface area contributed by atoms with E-state index < -0.39 is 18.0 Å². The van der Waals surface area contributed by atoms with E-state index in [1.807, 2.05) is 0 Å². The molecule has 4 N–H and O–H groups in total. The van der Waals surface area contributed by atoms with Crippen molar-refractivity contribution in [1.29, 1.82) is 0 Å². The fourth-order valence-electron chi connectivity index (χ4n) is 4.67. The summed E-state index contributed by atoms with van der Waals surface area (Å²) >= 11 is 0. The Bertz CT molecular complexity index is 1000. The number of benzene rings is 2. The van der Waals surface area contributed by atoms with Gasteiger partial charge in [0.2, 0.25) is 0 Å². The van der Waals surface area contributed by atoms with Crippen LogP contribution in [0.2, 0.25) is 0 Å². The van der Waals surface area contributed by atoms with Crippen LogP contribution in [-0.4, -0.2) is 18.7 Å². The maximum atomic E-state index is 14.8. The molecule has 0 radical (unpaired) electrons. The number of unbranched alkanes of at least 4 members (excludes halogenated alkanes) is 2. The first-order valence-electron chi connectivity index (χ1n) is 12.9. The summed E-state index contributed by atoms with van der Waals surface area (Å²) in [5.41, 5.74) is 14.2. The Morgan fingerprint density at radius 3 is 2.44 bits per heavy atom. The summed E-state index contributed by atoms with van der Waals surface area (Å²) in [6.45, 7) is 2.36. The molecule has 1 saturated carbocycles. The fourth-order valence-corrected chi connectivity index (χ4v) is 4.67. The lowest BCUT2D eigenvalue weighted by atomic mass is 9.79. The van der Waals surface area contributed by atoms with E-state index in [0.717, 1.165) is 24.8 Å². The molecule has 7 heteroatoms. The first kappa shape index (κ1) is 27.5. The second-order valence-corrected chi connectivity index (χ2v) is 9.66. The van der Waals surface area contributed by atoms with Gasteiger partial charge < -0.3 is 20.9 Å². The minimum Gasteiger partial charge on any atom is -0.462 e.